The van der Waals surface area contributed by atoms with Crippen LogP contribution in [0.2, 0.25) is 0 Å². The number of methoxy groups -OCH3 is 1. The quantitative estimate of drug-likeness (QED) is 0.864. The number of nitrogens with zero attached hydrogens (tertiary/aromatic N) is 1. The molecule has 0 bridgehead atoms. The maximum atomic E-state index is 13.0. The van der Waals surface area contributed by atoms with Crippen LogP contribution in [0.4, 0.5) is 4.39 Å². The van der Waals surface area contributed by atoms with Crippen LogP contribution in [0, 0.1) is 5.82 Å². The van der Waals surface area contributed by atoms with Crippen molar-refractivity contribution < 1.29 is 13.9 Å². The predicted octanol–water partition coefficient (Wildman–Crippen LogP) is 3.78. The molecule has 0 radical (unpaired) electrons. The largest absolute Gasteiger partial charge is 0.493 e. The Morgan fingerprint density at radius 1 is 1.18 bits per heavy atom. The van der Waals surface area contributed by atoms with Crippen LogP contribution in [0.25, 0.3) is 0 Å². The first-order valence-electron chi connectivity index (χ1n) is 4.82. The van der Waals surface area contributed by atoms with Gasteiger partial charge in [-0.05, 0) is 34.1 Å². The van der Waals surface area contributed by atoms with Gasteiger partial charge in [0, 0.05) is 22.8 Å². The van der Waals surface area contributed by atoms with Gasteiger partial charge in [-0.1, -0.05) is 0 Å². The molecule has 0 atom stereocenters. The molecule has 0 aliphatic rings. The maximum Gasteiger partial charge on any atom is 0.219 e. The number of aromatic nitrogens is 1. The number of hydrogen-bond acceptors (Lipinski definition) is 3. The maximum absolute atomic E-state index is 13.0. The molecule has 2 aromatic rings. The fourth-order valence-electron chi connectivity index (χ4n) is 1.26. The van der Waals surface area contributed by atoms with Gasteiger partial charge >= 0.3 is 0 Å². The van der Waals surface area contributed by atoms with Gasteiger partial charge < -0.3 is 9.47 Å². The predicted molar refractivity (Wildman–Crippen MR) is 65.0 cm³/mol. The molecule has 3 nitrogen and oxygen atoms in total. The Bertz CT molecular complexity index is 516. The van der Waals surface area contributed by atoms with Crippen molar-refractivity contribution in [2.45, 2.75) is 0 Å². The van der Waals surface area contributed by atoms with Crippen molar-refractivity contribution >= 4 is 15.9 Å². The molecule has 2 rings (SSSR count). The summed E-state index contributed by atoms with van der Waals surface area (Å²) >= 11 is 3.28. The first-order valence-corrected chi connectivity index (χ1v) is 5.61. The van der Waals surface area contributed by atoms with E-state index in [0.29, 0.717) is 17.4 Å². The topological polar surface area (TPSA) is 31.4 Å². The highest BCUT2D eigenvalue weighted by molar-refractivity contribution is 9.10. The van der Waals surface area contributed by atoms with Gasteiger partial charge in [0.15, 0.2) is 11.5 Å². The normalized spacial score (nSPS) is 10.1. The van der Waals surface area contributed by atoms with Crippen LogP contribution in [0.3, 0.4) is 0 Å². The van der Waals surface area contributed by atoms with E-state index in [4.69, 9.17) is 9.47 Å². The van der Waals surface area contributed by atoms with Gasteiger partial charge in [0.25, 0.3) is 0 Å². The summed E-state index contributed by atoms with van der Waals surface area (Å²) in [5.74, 6) is 0.787. The van der Waals surface area contributed by atoms with Crippen molar-refractivity contribution in [3.63, 3.8) is 0 Å². The molecule has 0 fully saturated rings. The summed E-state index contributed by atoms with van der Waals surface area (Å²) in [7, 11) is 1.46. The van der Waals surface area contributed by atoms with Crippen LogP contribution in [-0.2, 0) is 0 Å². The molecule has 0 amide bonds. The SMILES string of the molecule is COc1cc(F)ccc1Oc1ccc(Br)cn1. The fourth-order valence-corrected chi connectivity index (χ4v) is 1.50. The molecule has 0 N–H and O–H groups in total. The van der Waals surface area contributed by atoms with E-state index in [1.807, 2.05) is 0 Å². The van der Waals surface area contributed by atoms with E-state index in [9.17, 15) is 4.39 Å². The summed E-state index contributed by atoms with van der Waals surface area (Å²) in [6.45, 7) is 0. The molecule has 0 unspecified atom stereocenters. The molecule has 5 heteroatoms. The number of hydrogen-bond donors (Lipinski definition) is 0. The zero-order chi connectivity index (χ0) is 12.3. The zero-order valence-electron chi connectivity index (χ0n) is 8.98. The number of ether oxygens (including phenoxy) is 2. The Labute approximate surface area is 106 Å². The van der Waals surface area contributed by atoms with E-state index in [1.54, 1.807) is 18.3 Å². The van der Waals surface area contributed by atoms with Crippen molar-refractivity contribution in [1.29, 1.82) is 0 Å². The second-order valence-corrected chi connectivity index (χ2v) is 4.13. The van der Waals surface area contributed by atoms with Crippen LogP contribution >= 0.6 is 15.9 Å². The molecule has 0 aliphatic heterocycles. The van der Waals surface area contributed by atoms with Crippen LogP contribution in [-0.4, -0.2) is 12.1 Å². The molecule has 88 valence electrons. The first-order chi connectivity index (χ1) is 8.19. The van der Waals surface area contributed by atoms with Gasteiger partial charge in [0.05, 0.1) is 7.11 Å². The van der Waals surface area contributed by atoms with Gasteiger partial charge in [0.2, 0.25) is 5.88 Å². The second-order valence-electron chi connectivity index (χ2n) is 3.21. The van der Waals surface area contributed by atoms with E-state index in [1.165, 1.54) is 25.3 Å². The van der Waals surface area contributed by atoms with Crippen LogP contribution in [0.5, 0.6) is 17.4 Å². The average molecular weight is 298 g/mol. The molecule has 0 saturated heterocycles. The number of pyridine rings is 1. The third-order valence-corrected chi connectivity index (χ3v) is 2.51. The molecular formula is C12H9BrFNO2. The van der Waals surface area contributed by atoms with Crippen LogP contribution in [0.1, 0.15) is 0 Å². The van der Waals surface area contributed by atoms with Crippen molar-refractivity contribution in [3.05, 3.63) is 46.8 Å². The van der Waals surface area contributed by atoms with E-state index in [2.05, 4.69) is 20.9 Å². The monoisotopic (exact) mass is 297 g/mol. The highest BCUT2D eigenvalue weighted by atomic mass is 79.9. The van der Waals surface area contributed by atoms with Crippen molar-refractivity contribution in [1.82, 2.24) is 4.98 Å². The third-order valence-electron chi connectivity index (χ3n) is 2.04. The molecule has 0 saturated carbocycles. The Kier molecular flexibility index (Phi) is 3.58. The third kappa shape index (κ3) is 2.94. The molecule has 0 aliphatic carbocycles. The lowest BCUT2D eigenvalue weighted by Gasteiger charge is -2.09. The van der Waals surface area contributed by atoms with Gasteiger partial charge in [-0.25, -0.2) is 9.37 Å². The second kappa shape index (κ2) is 5.14. The Morgan fingerprint density at radius 3 is 2.65 bits per heavy atom. The summed E-state index contributed by atoms with van der Waals surface area (Å²) in [5, 5.41) is 0. The summed E-state index contributed by atoms with van der Waals surface area (Å²) in [6, 6.07) is 7.56. The molecule has 1 aromatic heterocycles. The lowest BCUT2D eigenvalue weighted by Crippen LogP contribution is -1.92. The smallest absolute Gasteiger partial charge is 0.219 e. The fraction of sp³-hybridized carbons (Fsp3) is 0.0833. The van der Waals surface area contributed by atoms with Gasteiger partial charge in [0.1, 0.15) is 5.82 Å². The van der Waals surface area contributed by atoms with Crippen molar-refractivity contribution in [2.75, 3.05) is 7.11 Å². The van der Waals surface area contributed by atoms with Crippen molar-refractivity contribution in [2.24, 2.45) is 0 Å². The molecular weight excluding hydrogens is 289 g/mol. The summed E-state index contributed by atoms with van der Waals surface area (Å²) in [6.07, 6.45) is 1.62. The van der Waals surface area contributed by atoms with Gasteiger partial charge in [-0.15, -0.1) is 0 Å². The van der Waals surface area contributed by atoms with E-state index >= 15 is 0 Å². The Morgan fingerprint density at radius 2 is 2.00 bits per heavy atom. The first kappa shape index (κ1) is 11.9. The molecule has 1 heterocycles. The van der Waals surface area contributed by atoms with Crippen molar-refractivity contribution in [3.8, 4) is 17.4 Å². The van der Waals surface area contributed by atoms with Gasteiger partial charge in [-0.2, -0.15) is 0 Å². The molecule has 17 heavy (non-hydrogen) atoms. The minimum Gasteiger partial charge on any atom is -0.493 e. The lowest BCUT2D eigenvalue weighted by molar-refractivity contribution is 0.371. The minimum absolute atomic E-state index is 0.328. The number of benzene rings is 1. The number of halogens is 2. The highest BCUT2D eigenvalue weighted by Crippen LogP contribution is 2.31. The Hall–Kier alpha value is -1.62. The number of rotatable bonds is 3. The summed E-state index contributed by atoms with van der Waals surface area (Å²) in [5.41, 5.74) is 0. The molecule has 0 spiro atoms. The van der Waals surface area contributed by atoms with E-state index in [-0.39, 0.29) is 5.82 Å². The Balaban J connectivity index is 2.26. The van der Waals surface area contributed by atoms with Gasteiger partial charge in [-0.3, -0.25) is 0 Å². The highest BCUT2D eigenvalue weighted by Gasteiger charge is 2.07. The lowest BCUT2D eigenvalue weighted by atomic mass is 10.3. The zero-order valence-corrected chi connectivity index (χ0v) is 10.6. The minimum atomic E-state index is -0.377. The summed E-state index contributed by atoms with van der Waals surface area (Å²) in [4.78, 5) is 4.05. The van der Waals surface area contributed by atoms with Crippen LogP contribution in [0.15, 0.2) is 41.0 Å². The van der Waals surface area contributed by atoms with E-state index in [0.717, 1.165) is 4.47 Å². The van der Waals surface area contributed by atoms with Crippen LogP contribution < -0.4 is 9.47 Å². The average Bonchev–Trinajstić information content (AvgIpc) is 2.34. The summed E-state index contributed by atoms with van der Waals surface area (Å²) < 4.78 is 24.3. The standard InChI is InChI=1S/C12H9BrFNO2/c1-16-11-6-9(14)3-4-10(11)17-12-5-2-8(13)7-15-12/h2-7H,1H3. The van der Waals surface area contributed by atoms with E-state index < -0.39 is 0 Å². The molecule has 1 aromatic carbocycles.